The maximum Gasteiger partial charge on any atom is 0.0975 e. The van der Waals surface area contributed by atoms with Crippen molar-refractivity contribution < 1.29 is 9.32 Å². The quantitative estimate of drug-likeness (QED) is 0.779. The first kappa shape index (κ1) is 19.2. The van der Waals surface area contributed by atoms with Crippen molar-refractivity contribution in [3.63, 3.8) is 0 Å². The van der Waals surface area contributed by atoms with Crippen LogP contribution in [-0.2, 0) is 11.0 Å². The van der Waals surface area contributed by atoms with E-state index >= 15 is 0 Å². The van der Waals surface area contributed by atoms with Crippen LogP contribution in [0.1, 0.15) is 50.9 Å². The number of nitrogens with zero attached hydrogens (tertiary/aromatic N) is 1. The fourth-order valence-electron chi connectivity index (χ4n) is 2.34. The topological polar surface area (TPSA) is 62.2 Å². The lowest BCUT2D eigenvalue weighted by Crippen LogP contribution is -2.35. The third kappa shape index (κ3) is 4.96. The average Bonchev–Trinajstić information content (AvgIpc) is 2.96. The van der Waals surface area contributed by atoms with Crippen LogP contribution in [-0.4, -0.2) is 25.7 Å². The molecule has 2 N–H and O–H groups in total. The summed E-state index contributed by atoms with van der Waals surface area (Å²) in [5.41, 5.74) is 5.14. The Morgan fingerprint density at radius 3 is 2.46 bits per heavy atom. The van der Waals surface area contributed by atoms with Crippen LogP contribution >= 0.6 is 11.3 Å². The van der Waals surface area contributed by atoms with Crippen molar-refractivity contribution >= 4 is 22.3 Å². The van der Waals surface area contributed by atoms with E-state index in [1.807, 2.05) is 33.2 Å². The minimum atomic E-state index is -1.15. The van der Waals surface area contributed by atoms with Gasteiger partial charge in [0.1, 0.15) is 0 Å². The fourth-order valence-corrected chi connectivity index (χ4v) is 4.02. The summed E-state index contributed by atoms with van der Waals surface area (Å²) >= 11 is 1.64. The molecule has 24 heavy (non-hydrogen) atoms. The Bertz CT molecular complexity index is 675. The van der Waals surface area contributed by atoms with Gasteiger partial charge in [-0.2, -0.15) is 0 Å². The molecule has 1 heterocycles. The van der Waals surface area contributed by atoms with E-state index in [0.29, 0.717) is 6.42 Å². The van der Waals surface area contributed by atoms with E-state index in [1.165, 1.54) is 4.88 Å². The lowest BCUT2D eigenvalue weighted by molar-refractivity contribution is 0.278. The van der Waals surface area contributed by atoms with Crippen LogP contribution in [0.5, 0.6) is 0 Å². The Kier molecular flexibility index (Phi) is 6.69. The number of aromatic nitrogens is 1. The smallest absolute Gasteiger partial charge is 0.0975 e. The summed E-state index contributed by atoms with van der Waals surface area (Å²) in [5.74, 6) is 0. The number of thiazole rings is 1. The number of aryl methyl sites for hydroxylation is 1. The molecule has 2 aromatic rings. The molecular weight excluding hydrogens is 340 g/mol. The summed E-state index contributed by atoms with van der Waals surface area (Å²) in [6, 6.07) is 8.29. The highest BCUT2D eigenvalue weighted by molar-refractivity contribution is 7.84. The van der Waals surface area contributed by atoms with Gasteiger partial charge in [-0.25, -0.2) is 13.9 Å². The van der Waals surface area contributed by atoms with E-state index in [4.69, 9.17) is 5.11 Å². The SMILES string of the molecule is Cc1ncsc1-c1ccc([C@H](CCCO)N[S@@](=O)C(C)(C)C)cc1. The lowest BCUT2D eigenvalue weighted by atomic mass is 10.0. The van der Waals surface area contributed by atoms with Gasteiger partial charge < -0.3 is 5.11 Å². The molecule has 0 saturated heterocycles. The zero-order chi connectivity index (χ0) is 17.7. The van der Waals surface area contributed by atoms with Gasteiger partial charge in [0, 0.05) is 12.6 Å². The third-order valence-electron chi connectivity index (χ3n) is 3.78. The van der Waals surface area contributed by atoms with Crippen molar-refractivity contribution in [2.24, 2.45) is 0 Å². The maximum atomic E-state index is 12.4. The molecule has 6 heteroatoms. The number of rotatable bonds is 7. The number of aliphatic hydroxyl groups is 1. The van der Waals surface area contributed by atoms with Crippen LogP contribution in [0.3, 0.4) is 0 Å². The number of hydrogen-bond donors (Lipinski definition) is 2. The Morgan fingerprint density at radius 1 is 1.29 bits per heavy atom. The second-order valence-electron chi connectivity index (χ2n) is 6.81. The number of aliphatic hydroxyl groups excluding tert-OH is 1. The van der Waals surface area contributed by atoms with Gasteiger partial charge in [-0.3, -0.25) is 0 Å². The Balaban J connectivity index is 2.20. The highest BCUT2D eigenvalue weighted by Gasteiger charge is 2.23. The Labute approximate surface area is 150 Å². The largest absolute Gasteiger partial charge is 0.396 e. The van der Waals surface area contributed by atoms with E-state index in [0.717, 1.165) is 23.2 Å². The second kappa shape index (κ2) is 8.34. The summed E-state index contributed by atoms with van der Waals surface area (Å²) in [6.07, 6.45) is 1.42. The van der Waals surface area contributed by atoms with E-state index in [1.54, 1.807) is 11.3 Å². The van der Waals surface area contributed by atoms with Crippen LogP contribution in [0.4, 0.5) is 0 Å². The zero-order valence-corrected chi connectivity index (χ0v) is 16.3. The van der Waals surface area contributed by atoms with E-state index < -0.39 is 11.0 Å². The van der Waals surface area contributed by atoms with Crippen LogP contribution in [0.2, 0.25) is 0 Å². The predicted molar refractivity (Wildman–Crippen MR) is 102 cm³/mol. The summed E-state index contributed by atoms with van der Waals surface area (Å²) in [7, 11) is -1.15. The Hall–Kier alpha value is -1.08. The van der Waals surface area contributed by atoms with Crippen molar-refractivity contribution in [2.75, 3.05) is 6.61 Å². The zero-order valence-electron chi connectivity index (χ0n) is 14.7. The van der Waals surface area contributed by atoms with E-state index in [-0.39, 0.29) is 17.4 Å². The van der Waals surface area contributed by atoms with Crippen molar-refractivity contribution in [1.82, 2.24) is 9.71 Å². The van der Waals surface area contributed by atoms with Crippen LogP contribution in [0.25, 0.3) is 10.4 Å². The van der Waals surface area contributed by atoms with Gasteiger partial charge in [0.15, 0.2) is 0 Å². The molecule has 0 spiro atoms. The van der Waals surface area contributed by atoms with E-state index in [2.05, 4.69) is 34.0 Å². The molecule has 1 aromatic carbocycles. The molecule has 4 nitrogen and oxygen atoms in total. The molecule has 0 aliphatic rings. The first-order valence-electron chi connectivity index (χ1n) is 8.12. The average molecular weight is 367 g/mol. The van der Waals surface area contributed by atoms with Crippen molar-refractivity contribution in [2.45, 2.75) is 51.3 Å². The first-order chi connectivity index (χ1) is 11.3. The molecule has 2 atom stereocenters. The van der Waals surface area contributed by atoms with Gasteiger partial charge >= 0.3 is 0 Å². The minimum absolute atomic E-state index is 0.0335. The van der Waals surface area contributed by atoms with E-state index in [9.17, 15) is 4.21 Å². The number of hydrogen-bond acceptors (Lipinski definition) is 4. The molecule has 0 amide bonds. The van der Waals surface area contributed by atoms with Gasteiger partial charge in [-0.05, 0) is 51.7 Å². The summed E-state index contributed by atoms with van der Waals surface area (Å²) in [6.45, 7) is 8.01. The van der Waals surface area contributed by atoms with Crippen LogP contribution in [0, 0.1) is 6.92 Å². The molecule has 0 saturated carbocycles. The van der Waals surface area contributed by atoms with Crippen LogP contribution in [0.15, 0.2) is 29.8 Å². The normalized spacial score (nSPS) is 14.5. The molecule has 0 aliphatic carbocycles. The Morgan fingerprint density at radius 2 is 1.96 bits per heavy atom. The molecule has 0 radical (unpaired) electrons. The van der Waals surface area contributed by atoms with Gasteiger partial charge in [0.2, 0.25) is 0 Å². The van der Waals surface area contributed by atoms with Gasteiger partial charge in [0.25, 0.3) is 0 Å². The number of nitrogens with one attached hydrogen (secondary N) is 1. The fraction of sp³-hybridized carbons (Fsp3) is 0.500. The summed E-state index contributed by atoms with van der Waals surface area (Å²) in [4.78, 5) is 5.48. The number of benzene rings is 1. The summed E-state index contributed by atoms with van der Waals surface area (Å²) < 4.78 is 15.3. The highest BCUT2D eigenvalue weighted by Crippen LogP contribution is 2.29. The maximum absolute atomic E-state index is 12.4. The monoisotopic (exact) mass is 366 g/mol. The molecule has 1 aromatic heterocycles. The second-order valence-corrected chi connectivity index (χ2v) is 9.66. The lowest BCUT2D eigenvalue weighted by Gasteiger charge is -2.24. The van der Waals surface area contributed by atoms with Gasteiger partial charge in [-0.1, -0.05) is 24.3 Å². The van der Waals surface area contributed by atoms with Crippen LogP contribution < -0.4 is 4.72 Å². The van der Waals surface area contributed by atoms with Gasteiger partial charge in [-0.15, -0.1) is 11.3 Å². The predicted octanol–water partition coefficient (Wildman–Crippen LogP) is 3.98. The molecule has 0 bridgehead atoms. The highest BCUT2D eigenvalue weighted by atomic mass is 32.2. The molecule has 2 rings (SSSR count). The van der Waals surface area contributed by atoms with Gasteiger partial charge in [0.05, 0.1) is 31.8 Å². The molecular formula is C18H26N2O2S2. The first-order valence-corrected chi connectivity index (χ1v) is 10.1. The van der Waals surface area contributed by atoms with Crippen molar-refractivity contribution in [1.29, 1.82) is 0 Å². The van der Waals surface area contributed by atoms with Crippen molar-refractivity contribution in [3.05, 3.63) is 41.0 Å². The molecule has 132 valence electrons. The van der Waals surface area contributed by atoms with Crippen molar-refractivity contribution in [3.8, 4) is 10.4 Å². The standard InChI is InChI=1S/C18H26N2O2S2/c1-13-17(23-12-19-13)15-9-7-14(8-10-15)16(6-5-11-21)20-24(22)18(2,3)4/h7-10,12,16,20-21H,5-6,11H2,1-4H3/t16-,24-/m0/s1. The molecule has 0 aliphatic heterocycles. The molecule has 0 unspecified atom stereocenters. The summed E-state index contributed by atoms with van der Waals surface area (Å²) in [5, 5.41) is 9.15. The molecule has 0 fully saturated rings. The third-order valence-corrected chi connectivity index (χ3v) is 6.37. The minimum Gasteiger partial charge on any atom is -0.396 e.